The van der Waals surface area contributed by atoms with Crippen LogP contribution in [0.3, 0.4) is 0 Å². The monoisotopic (exact) mass is 460 g/mol. The zero-order valence-electron chi connectivity index (χ0n) is 16.1. The zero-order valence-corrected chi connectivity index (χ0v) is 17.6. The molecule has 1 aliphatic heterocycles. The van der Waals surface area contributed by atoms with Gasteiger partial charge in [-0.3, -0.25) is 14.4 Å². The number of aromatic nitrogens is 2. The topological polar surface area (TPSA) is 41.4 Å². The molecule has 162 valence electrons. The minimum Gasteiger partial charge on any atom is -0.339 e. The van der Waals surface area contributed by atoms with E-state index in [1.165, 1.54) is 0 Å². The number of nitrogens with zero attached hydrogens (tertiary/aromatic N) is 4. The number of benzene rings is 1. The smallest absolute Gasteiger partial charge is 0.339 e. The maximum Gasteiger partial charge on any atom is 0.436 e. The lowest BCUT2D eigenvalue weighted by atomic mass is 10.2. The number of alkyl halides is 3. The van der Waals surface area contributed by atoms with Gasteiger partial charge in [-0.15, -0.1) is 0 Å². The highest BCUT2D eigenvalue weighted by molar-refractivity contribution is 6.32. The van der Waals surface area contributed by atoms with Crippen molar-refractivity contribution in [3.8, 4) is 0 Å². The molecule has 5 nitrogen and oxygen atoms in total. The Morgan fingerprint density at radius 2 is 1.83 bits per heavy atom. The van der Waals surface area contributed by atoms with E-state index in [0.717, 1.165) is 29.6 Å². The summed E-state index contributed by atoms with van der Waals surface area (Å²) in [6.07, 6.45) is -3.11. The summed E-state index contributed by atoms with van der Waals surface area (Å²) in [4.78, 5) is 16.6. The zero-order chi connectivity index (χ0) is 21.5. The van der Waals surface area contributed by atoms with Crippen molar-refractivity contribution >= 4 is 29.1 Å². The summed E-state index contributed by atoms with van der Waals surface area (Å²) in [7, 11) is 0. The van der Waals surface area contributed by atoms with Crippen molar-refractivity contribution in [3.63, 3.8) is 0 Å². The van der Waals surface area contributed by atoms with Crippen LogP contribution in [0.1, 0.15) is 35.7 Å². The number of hydrogen-bond acceptors (Lipinski definition) is 3. The maximum absolute atomic E-state index is 13.2. The second-order valence-electron chi connectivity index (χ2n) is 7.76. The third kappa shape index (κ3) is 4.76. The Morgan fingerprint density at radius 1 is 1.13 bits per heavy atom. The third-order valence-electron chi connectivity index (χ3n) is 5.47. The van der Waals surface area contributed by atoms with Crippen molar-refractivity contribution in [1.29, 1.82) is 0 Å². The fraction of sp³-hybridized carbons (Fsp3) is 0.500. The van der Waals surface area contributed by atoms with Crippen molar-refractivity contribution in [1.82, 2.24) is 19.6 Å². The van der Waals surface area contributed by atoms with Crippen molar-refractivity contribution in [3.05, 3.63) is 51.3 Å². The van der Waals surface area contributed by atoms with E-state index in [9.17, 15) is 18.0 Å². The number of piperazine rings is 1. The number of rotatable bonds is 5. The van der Waals surface area contributed by atoms with Gasteiger partial charge in [-0.2, -0.15) is 18.3 Å². The van der Waals surface area contributed by atoms with E-state index in [1.54, 1.807) is 4.90 Å². The van der Waals surface area contributed by atoms with Crippen LogP contribution in [0.15, 0.2) is 24.3 Å². The molecule has 2 heterocycles. The van der Waals surface area contributed by atoms with E-state index < -0.39 is 11.9 Å². The molecule has 4 rings (SSSR count). The molecule has 0 N–H and O–H groups in total. The lowest BCUT2D eigenvalue weighted by Crippen LogP contribution is -2.49. The fourth-order valence-corrected chi connectivity index (χ4v) is 4.39. The van der Waals surface area contributed by atoms with Crippen LogP contribution in [0, 0.1) is 0 Å². The highest BCUT2D eigenvalue weighted by Gasteiger charge is 2.42. The Morgan fingerprint density at radius 3 is 2.43 bits per heavy atom. The Bertz CT molecular complexity index is 935. The first-order valence-corrected chi connectivity index (χ1v) is 10.6. The van der Waals surface area contributed by atoms with Crippen molar-refractivity contribution in [2.45, 2.75) is 38.0 Å². The average molecular weight is 461 g/mol. The second-order valence-corrected chi connectivity index (χ2v) is 8.58. The van der Waals surface area contributed by atoms with Gasteiger partial charge in [0.15, 0.2) is 5.69 Å². The molecule has 0 unspecified atom stereocenters. The van der Waals surface area contributed by atoms with Crippen molar-refractivity contribution in [2.24, 2.45) is 0 Å². The molecule has 1 aromatic carbocycles. The van der Waals surface area contributed by atoms with Gasteiger partial charge in [0.2, 0.25) is 5.91 Å². The normalized spacial score (nSPS) is 18.1. The average Bonchev–Trinajstić information content (AvgIpc) is 3.45. The van der Waals surface area contributed by atoms with E-state index in [4.69, 9.17) is 23.2 Å². The van der Waals surface area contributed by atoms with Gasteiger partial charge in [-0.25, -0.2) is 0 Å². The molecule has 10 heteroatoms. The molecule has 0 atom stereocenters. The predicted molar refractivity (Wildman–Crippen MR) is 108 cm³/mol. The summed E-state index contributed by atoms with van der Waals surface area (Å²) in [6.45, 7) is 2.90. The SMILES string of the molecule is O=C(Cn1nc(C(F)(F)F)c(Cl)c1C1CC1)N1CCN(Cc2cccc(Cl)c2)CC1. The largest absolute Gasteiger partial charge is 0.436 e. The minimum absolute atomic E-state index is 0.0524. The van der Waals surface area contributed by atoms with Crippen LogP contribution in [-0.4, -0.2) is 51.7 Å². The summed E-state index contributed by atoms with van der Waals surface area (Å²) < 4.78 is 40.7. The highest BCUT2D eigenvalue weighted by Crippen LogP contribution is 2.46. The summed E-state index contributed by atoms with van der Waals surface area (Å²) in [6, 6.07) is 7.64. The molecule has 0 bridgehead atoms. The molecule has 2 aliphatic rings. The summed E-state index contributed by atoms with van der Waals surface area (Å²) >= 11 is 12.0. The standard InChI is InChI=1S/C20H21Cl2F3N4O/c21-15-3-1-2-13(10-15)11-27-6-8-28(9-7-27)16(30)12-29-18(14-4-5-14)17(22)19(26-29)20(23,24)25/h1-3,10,14H,4-9,11-12H2. The second kappa shape index (κ2) is 8.40. The maximum atomic E-state index is 13.2. The van der Waals surface area contributed by atoms with E-state index in [0.29, 0.717) is 36.9 Å². The Balaban J connectivity index is 1.38. The first kappa shape index (κ1) is 21.5. The van der Waals surface area contributed by atoms with Crippen LogP contribution < -0.4 is 0 Å². The molecular weight excluding hydrogens is 440 g/mol. The lowest BCUT2D eigenvalue weighted by molar-refractivity contribution is -0.142. The van der Waals surface area contributed by atoms with Crippen LogP contribution in [0.5, 0.6) is 0 Å². The fourth-order valence-electron chi connectivity index (χ4n) is 3.78. The molecule has 1 saturated carbocycles. The van der Waals surface area contributed by atoms with Gasteiger partial charge >= 0.3 is 6.18 Å². The highest BCUT2D eigenvalue weighted by atomic mass is 35.5. The van der Waals surface area contributed by atoms with Crippen molar-refractivity contribution in [2.75, 3.05) is 26.2 Å². The predicted octanol–water partition coefficient (Wildman–Crippen LogP) is 4.43. The summed E-state index contributed by atoms with van der Waals surface area (Å²) in [5, 5.41) is 3.96. The van der Waals surface area contributed by atoms with Crippen LogP contribution in [0.2, 0.25) is 10.0 Å². The Labute approximate surface area is 182 Å². The van der Waals surface area contributed by atoms with Gasteiger partial charge in [0.25, 0.3) is 0 Å². The Hall–Kier alpha value is -1.77. The molecule has 1 amide bonds. The van der Waals surface area contributed by atoms with Gasteiger partial charge in [-0.1, -0.05) is 35.3 Å². The van der Waals surface area contributed by atoms with Crippen LogP contribution in [-0.2, 0) is 24.1 Å². The van der Waals surface area contributed by atoms with Gasteiger partial charge in [0.1, 0.15) is 6.54 Å². The number of carbonyl (C=O) groups excluding carboxylic acids is 1. The van der Waals surface area contributed by atoms with Gasteiger partial charge in [0.05, 0.1) is 10.7 Å². The van der Waals surface area contributed by atoms with Gasteiger partial charge in [-0.05, 0) is 30.5 Å². The van der Waals surface area contributed by atoms with E-state index in [2.05, 4.69) is 10.00 Å². The van der Waals surface area contributed by atoms with E-state index in [-0.39, 0.29) is 23.4 Å². The van der Waals surface area contributed by atoms with E-state index >= 15 is 0 Å². The molecule has 1 saturated heterocycles. The number of amides is 1. The number of carbonyl (C=O) groups is 1. The van der Waals surface area contributed by atoms with Crippen LogP contribution in [0.4, 0.5) is 13.2 Å². The minimum atomic E-state index is -4.64. The summed E-state index contributed by atoms with van der Waals surface area (Å²) in [5.41, 5.74) is 0.323. The first-order valence-electron chi connectivity index (χ1n) is 9.80. The van der Waals surface area contributed by atoms with Crippen molar-refractivity contribution < 1.29 is 18.0 Å². The third-order valence-corrected chi connectivity index (χ3v) is 6.08. The Kier molecular flexibility index (Phi) is 6.01. The molecule has 2 aromatic rings. The number of halogens is 5. The van der Waals surface area contributed by atoms with Gasteiger partial charge in [0, 0.05) is 43.7 Å². The molecule has 2 fully saturated rings. The van der Waals surface area contributed by atoms with Crippen LogP contribution in [0.25, 0.3) is 0 Å². The van der Waals surface area contributed by atoms with E-state index in [1.807, 2.05) is 24.3 Å². The molecule has 1 aromatic heterocycles. The molecule has 0 spiro atoms. The molecular formula is C20H21Cl2F3N4O. The van der Waals surface area contributed by atoms with Crippen LogP contribution >= 0.6 is 23.2 Å². The quantitative estimate of drug-likeness (QED) is 0.662. The molecule has 0 radical (unpaired) electrons. The molecule has 30 heavy (non-hydrogen) atoms. The van der Waals surface area contributed by atoms with Gasteiger partial charge < -0.3 is 4.90 Å². The summed E-state index contributed by atoms with van der Waals surface area (Å²) in [5.74, 6) is -0.296. The first-order chi connectivity index (χ1) is 14.2. The molecule has 1 aliphatic carbocycles. The number of hydrogen-bond donors (Lipinski definition) is 0. The lowest BCUT2D eigenvalue weighted by Gasteiger charge is -2.34.